The summed E-state index contributed by atoms with van der Waals surface area (Å²) in [6, 6.07) is 8.47. The molecule has 0 fully saturated rings. The molecule has 0 spiro atoms. The zero-order valence-corrected chi connectivity index (χ0v) is 14.0. The average Bonchev–Trinajstić information content (AvgIpc) is 2.52. The number of anilines is 1. The van der Waals surface area contributed by atoms with Gasteiger partial charge in [-0.05, 0) is 39.0 Å². The fraction of sp³-hybridized carbons (Fsp3) is 0.294. The molecule has 1 heterocycles. The maximum absolute atomic E-state index is 11.8. The van der Waals surface area contributed by atoms with Gasteiger partial charge in [-0.3, -0.25) is 5.32 Å². The average molecular weight is 329 g/mol. The molecule has 0 unspecified atom stereocenters. The first kappa shape index (κ1) is 17.4. The molecule has 0 saturated heterocycles. The van der Waals surface area contributed by atoms with E-state index >= 15 is 0 Å². The number of hydrogen-bond donors (Lipinski definition) is 1. The van der Waals surface area contributed by atoms with E-state index in [-0.39, 0.29) is 5.95 Å². The van der Waals surface area contributed by atoms with Crippen molar-refractivity contribution in [2.24, 2.45) is 0 Å². The molecule has 1 N–H and O–H groups in total. The second-order valence-electron chi connectivity index (χ2n) is 5.96. The largest absolute Gasteiger partial charge is 0.465 e. The molecule has 1 aromatic carbocycles. The van der Waals surface area contributed by atoms with E-state index in [1.807, 2.05) is 0 Å². The summed E-state index contributed by atoms with van der Waals surface area (Å²) in [7, 11) is 1.33. The normalized spacial score (nSPS) is 10.8. The highest BCUT2D eigenvalue weighted by atomic mass is 16.6. The summed E-state index contributed by atoms with van der Waals surface area (Å²) in [4.78, 5) is 31.5. The Kier molecular flexibility index (Phi) is 5.13. The van der Waals surface area contributed by atoms with Gasteiger partial charge in [0.2, 0.25) is 5.95 Å². The number of methoxy groups -OCH3 is 1. The highest BCUT2D eigenvalue weighted by Crippen LogP contribution is 2.19. The Morgan fingerprint density at radius 1 is 1.08 bits per heavy atom. The highest BCUT2D eigenvalue weighted by molar-refractivity contribution is 5.90. The van der Waals surface area contributed by atoms with Gasteiger partial charge in [0.25, 0.3) is 0 Å². The number of nitrogens with one attached hydrogen (secondary N) is 1. The molecule has 2 rings (SSSR count). The number of carbonyl (C=O) groups excluding carboxylic acids is 2. The molecule has 0 aliphatic heterocycles. The second kappa shape index (κ2) is 7.08. The first-order valence-electron chi connectivity index (χ1n) is 7.30. The fourth-order valence-corrected chi connectivity index (χ4v) is 1.87. The predicted octanol–water partition coefficient (Wildman–Crippen LogP) is 3.28. The van der Waals surface area contributed by atoms with Gasteiger partial charge in [0, 0.05) is 11.8 Å². The molecule has 7 heteroatoms. The van der Waals surface area contributed by atoms with Crippen molar-refractivity contribution in [2.75, 3.05) is 12.4 Å². The molecule has 0 saturated carbocycles. The van der Waals surface area contributed by atoms with E-state index in [0.717, 1.165) is 5.56 Å². The minimum atomic E-state index is -0.624. The number of amides is 1. The van der Waals surface area contributed by atoms with Crippen molar-refractivity contribution in [1.29, 1.82) is 0 Å². The van der Waals surface area contributed by atoms with Crippen molar-refractivity contribution in [2.45, 2.75) is 26.4 Å². The zero-order chi connectivity index (χ0) is 17.7. The van der Waals surface area contributed by atoms with Crippen molar-refractivity contribution in [3.63, 3.8) is 0 Å². The van der Waals surface area contributed by atoms with Crippen LogP contribution in [0.25, 0.3) is 11.3 Å². The first-order chi connectivity index (χ1) is 11.3. The number of esters is 1. The van der Waals surface area contributed by atoms with Crippen LogP contribution in [0.4, 0.5) is 10.7 Å². The standard InChI is InChI=1S/C17H19N3O4/c1-17(2,3)24-16(22)20-15-18-10-9-13(19-15)11-5-7-12(8-6-11)14(21)23-4/h5-10H,1-4H3,(H,18,19,20,22). The molecule has 126 valence electrons. The van der Waals surface area contributed by atoms with Gasteiger partial charge in [-0.25, -0.2) is 19.6 Å². The van der Waals surface area contributed by atoms with Crippen molar-refractivity contribution in [3.05, 3.63) is 42.1 Å². The molecule has 0 aliphatic carbocycles. The molecule has 24 heavy (non-hydrogen) atoms. The van der Waals surface area contributed by atoms with E-state index in [2.05, 4.69) is 20.0 Å². The molecule has 7 nitrogen and oxygen atoms in total. The van der Waals surface area contributed by atoms with E-state index in [1.165, 1.54) is 13.3 Å². The van der Waals surface area contributed by atoms with Gasteiger partial charge in [-0.15, -0.1) is 0 Å². The number of hydrogen-bond acceptors (Lipinski definition) is 6. The summed E-state index contributed by atoms with van der Waals surface area (Å²) in [6.45, 7) is 5.31. The lowest BCUT2D eigenvalue weighted by molar-refractivity contribution is 0.0598. The molecule has 1 aromatic heterocycles. The number of benzene rings is 1. The van der Waals surface area contributed by atoms with Crippen LogP contribution in [-0.4, -0.2) is 34.7 Å². The fourth-order valence-electron chi connectivity index (χ4n) is 1.87. The zero-order valence-electron chi connectivity index (χ0n) is 14.0. The minimum Gasteiger partial charge on any atom is -0.465 e. The van der Waals surface area contributed by atoms with Gasteiger partial charge in [0.1, 0.15) is 5.60 Å². The van der Waals surface area contributed by atoms with Gasteiger partial charge in [0.15, 0.2) is 0 Å². The van der Waals surface area contributed by atoms with Crippen molar-refractivity contribution in [1.82, 2.24) is 9.97 Å². The lowest BCUT2D eigenvalue weighted by Gasteiger charge is -2.19. The number of rotatable bonds is 3. The quantitative estimate of drug-likeness (QED) is 0.869. The topological polar surface area (TPSA) is 90.4 Å². The monoisotopic (exact) mass is 329 g/mol. The van der Waals surface area contributed by atoms with Crippen LogP contribution < -0.4 is 5.32 Å². The van der Waals surface area contributed by atoms with E-state index < -0.39 is 17.7 Å². The third-order valence-corrected chi connectivity index (χ3v) is 2.87. The van der Waals surface area contributed by atoms with Gasteiger partial charge in [-0.2, -0.15) is 0 Å². The van der Waals surface area contributed by atoms with Crippen LogP contribution in [0, 0.1) is 0 Å². The van der Waals surface area contributed by atoms with Gasteiger partial charge in [0.05, 0.1) is 18.4 Å². The number of ether oxygens (including phenoxy) is 2. The molecule has 0 radical (unpaired) electrons. The van der Waals surface area contributed by atoms with Crippen molar-refractivity contribution >= 4 is 18.0 Å². The van der Waals surface area contributed by atoms with Crippen LogP contribution in [-0.2, 0) is 9.47 Å². The summed E-state index contributed by atoms with van der Waals surface area (Å²) in [5.74, 6) is -0.268. The molecular weight excluding hydrogens is 310 g/mol. The molecular formula is C17H19N3O4. The first-order valence-corrected chi connectivity index (χ1v) is 7.30. The Labute approximate surface area is 140 Å². The van der Waals surface area contributed by atoms with Crippen LogP contribution in [0.15, 0.2) is 36.5 Å². The maximum atomic E-state index is 11.8. The second-order valence-corrected chi connectivity index (χ2v) is 5.96. The van der Waals surface area contributed by atoms with Crippen LogP contribution in [0.2, 0.25) is 0 Å². The number of aromatic nitrogens is 2. The summed E-state index contributed by atoms with van der Waals surface area (Å²) in [6.07, 6.45) is 0.907. The van der Waals surface area contributed by atoms with E-state index in [9.17, 15) is 9.59 Å². The predicted molar refractivity (Wildman–Crippen MR) is 88.7 cm³/mol. The summed E-state index contributed by atoms with van der Waals surface area (Å²) < 4.78 is 9.82. The Hall–Kier alpha value is -2.96. The Morgan fingerprint density at radius 3 is 2.33 bits per heavy atom. The van der Waals surface area contributed by atoms with E-state index in [0.29, 0.717) is 11.3 Å². The van der Waals surface area contributed by atoms with Gasteiger partial charge in [-0.1, -0.05) is 12.1 Å². The summed E-state index contributed by atoms with van der Waals surface area (Å²) >= 11 is 0. The van der Waals surface area contributed by atoms with Gasteiger partial charge < -0.3 is 9.47 Å². The smallest absolute Gasteiger partial charge is 0.414 e. The van der Waals surface area contributed by atoms with E-state index in [1.54, 1.807) is 51.1 Å². The third kappa shape index (κ3) is 4.77. The Morgan fingerprint density at radius 2 is 1.75 bits per heavy atom. The maximum Gasteiger partial charge on any atom is 0.414 e. The van der Waals surface area contributed by atoms with Crippen LogP contribution in [0.5, 0.6) is 0 Å². The number of carbonyl (C=O) groups is 2. The summed E-state index contributed by atoms with van der Waals surface area (Å²) in [5, 5.41) is 2.49. The molecule has 2 aromatic rings. The van der Waals surface area contributed by atoms with Crippen LogP contribution in [0.3, 0.4) is 0 Å². The lowest BCUT2D eigenvalue weighted by atomic mass is 10.1. The molecule has 1 amide bonds. The van der Waals surface area contributed by atoms with Crippen molar-refractivity contribution in [3.8, 4) is 11.3 Å². The van der Waals surface area contributed by atoms with Crippen LogP contribution in [0.1, 0.15) is 31.1 Å². The Balaban J connectivity index is 2.15. The minimum absolute atomic E-state index is 0.138. The number of nitrogens with zero attached hydrogens (tertiary/aromatic N) is 2. The SMILES string of the molecule is COC(=O)c1ccc(-c2ccnc(NC(=O)OC(C)(C)C)n2)cc1. The third-order valence-electron chi connectivity index (χ3n) is 2.87. The van der Waals surface area contributed by atoms with Crippen LogP contribution >= 0.6 is 0 Å². The molecule has 0 bridgehead atoms. The van der Waals surface area contributed by atoms with Gasteiger partial charge >= 0.3 is 12.1 Å². The molecule has 0 atom stereocenters. The summed E-state index contributed by atoms with van der Waals surface area (Å²) in [5.41, 5.74) is 1.22. The highest BCUT2D eigenvalue weighted by Gasteiger charge is 2.17. The Bertz CT molecular complexity index is 736. The van der Waals surface area contributed by atoms with E-state index in [4.69, 9.17) is 4.74 Å². The lowest BCUT2D eigenvalue weighted by Crippen LogP contribution is -2.27. The molecule has 0 aliphatic rings. The van der Waals surface area contributed by atoms with Crippen molar-refractivity contribution < 1.29 is 19.1 Å².